The summed E-state index contributed by atoms with van der Waals surface area (Å²) in [4.78, 5) is 4.40. The smallest absolute Gasteiger partial charge is 0.201 e. The molecule has 1 unspecified atom stereocenters. The third-order valence-electron chi connectivity index (χ3n) is 3.44. The van der Waals surface area contributed by atoms with E-state index >= 15 is 0 Å². The predicted octanol–water partition coefficient (Wildman–Crippen LogP) is 0.437. The highest BCUT2D eigenvalue weighted by Crippen LogP contribution is 2.25. The molecule has 0 amide bonds. The van der Waals surface area contributed by atoms with E-state index < -0.39 is 9.84 Å². The molecule has 2 heterocycles. The largest absolute Gasteiger partial charge is 0.376 e. The van der Waals surface area contributed by atoms with Gasteiger partial charge in [-0.2, -0.15) is 0 Å². The van der Waals surface area contributed by atoms with E-state index in [0.717, 1.165) is 6.26 Å². The number of anilines is 1. The number of aromatic nitrogens is 2. The Hall–Kier alpha value is -1.64. The topological polar surface area (TPSA) is 96.4 Å². The van der Waals surface area contributed by atoms with E-state index in [2.05, 4.69) is 4.98 Å². The molecule has 2 N–H and O–H groups in total. The quantitative estimate of drug-likeness (QED) is 0.883. The molecule has 2 aromatic rings. The molecule has 1 fully saturated rings. The van der Waals surface area contributed by atoms with Gasteiger partial charge in [0.05, 0.1) is 42.9 Å². The van der Waals surface area contributed by atoms with E-state index in [-0.39, 0.29) is 16.9 Å². The molecule has 1 aromatic heterocycles. The van der Waals surface area contributed by atoms with Gasteiger partial charge in [0.1, 0.15) is 5.52 Å². The molecular formula is C13H17N3O4S. The number of nitrogen functional groups attached to an aromatic ring is 1. The maximum Gasteiger partial charge on any atom is 0.201 e. The number of hydrogen-bond donors (Lipinski definition) is 1. The number of hydrogen-bond acceptors (Lipinski definition) is 6. The molecule has 1 aromatic carbocycles. The molecule has 0 spiro atoms. The second-order valence-corrected chi connectivity index (χ2v) is 7.03. The van der Waals surface area contributed by atoms with E-state index in [0.29, 0.717) is 37.4 Å². The molecule has 1 aliphatic rings. The molecule has 1 atom stereocenters. The molecule has 0 bridgehead atoms. The van der Waals surface area contributed by atoms with Crippen molar-refractivity contribution in [1.82, 2.24) is 9.55 Å². The van der Waals surface area contributed by atoms with Gasteiger partial charge in [0.15, 0.2) is 9.84 Å². The van der Waals surface area contributed by atoms with Crippen LogP contribution in [0.4, 0.5) is 5.95 Å². The minimum atomic E-state index is -3.35. The first-order chi connectivity index (χ1) is 9.97. The van der Waals surface area contributed by atoms with Gasteiger partial charge in [-0.25, -0.2) is 13.4 Å². The highest BCUT2D eigenvalue weighted by atomic mass is 32.2. The van der Waals surface area contributed by atoms with Crippen LogP contribution in [0.5, 0.6) is 0 Å². The van der Waals surface area contributed by atoms with E-state index in [1.54, 1.807) is 16.7 Å². The normalized spacial score (nSPS) is 20.0. The van der Waals surface area contributed by atoms with Crippen molar-refractivity contribution in [2.24, 2.45) is 0 Å². The Bertz CT molecular complexity index is 763. The molecule has 7 nitrogen and oxygen atoms in total. The number of ether oxygens (including phenoxy) is 2. The monoisotopic (exact) mass is 311 g/mol. The second-order valence-electron chi connectivity index (χ2n) is 5.04. The summed E-state index contributed by atoms with van der Waals surface area (Å²) in [7, 11) is -3.35. The summed E-state index contributed by atoms with van der Waals surface area (Å²) in [5.41, 5.74) is 7.03. The van der Waals surface area contributed by atoms with Gasteiger partial charge in [-0.15, -0.1) is 0 Å². The summed E-state index contributed by atoms with van der Waals surface area (Å²) in [6, 6.07) is 5.03. The molecule has 0 radical (unpaired) electrons. The van der Waals surface area contributed by atoms with Gasteiger partial charge in [0, 0.05) is 6.26 Å². The molecule has 114 valence electrons. The average molecular weight is 311 g/mol. The van der Waals surface area contributed by atoms with Crippen LogP contribution < -0.4 is 5.73 Å². The Morgan fingerprint density at radius 1 is 1.43 bits per heavy atom. The molecule has 1 saturated heterocycles. The van der Waals surface area contributed by atoms with E-state index in [9.17, 15) is 8.42 Å². The average Bonchev–Trinajstić information content (AvgIpc) is 2.75. The lowest BCUT2D eigenvalue weighted by molar-refractivity contribution is -0.0930. The number of para-hydroxylation sites is 1. The summed E-state index contributed by atoms with van der Waals surface area (Å²) in [6.45, 7) is 2.11. The highest BCUT2D eigenvalue weighted by molar-refractivity contribution is 7.91. The standard InChI is InChI=1S/C13H17N3O4S/c1-21(17,18)11-4-2-3-10-12(11)15-13(14)16(10)7-9-8-19-5-6-20-9/h2-4,9H,5-8H2,1H3,(H2,14,15). The van der Waals surface area contributed by atoms with E-state index in [1.807, 2.05) is 0 Å². The molecule has 3 rings (SSSR count). The third kappa shape index (κ3) is 2.74. The Morgan fingerprint density at radius 3 is 2.90 bits per heavy atom. The molecule has 8 heteroatoms. The van der Waals surface area contributed by atoms with Crippen molar-refractivity contribution in [3.63, 3.8) is 0 Å². The van der Waals surface area contributed by atoms with Crippen molar-refractivity contribution in [2.45, 2.75) is 17.5 Å². The summed E-state index contributed by atoms with van der Waals surface area (Å²) in [5, 5.41) is 0. The number of sulfone groups is 1. The zero-order valence-corrected chi connectivity index (χ0v) is 12.5. The first-order valence-corrected chi connectivity index (χ1v) is 8.50. The van der Waals surface area contributed by atoms with E-state index in [1.165, 1.54) is 6.07 Å². The highest BCUT2D eigenvalue weighted by Gasteiger charge is 2.21. The lowest BCUT2D eigenvalue weighted by Crippen LogP contribution is -2.32. The van der Waals surface area contributed by atoms with Gasteiger partial charge in [-0.1, -0.05) is 6.07 Å². The molecule has 1 aliphatic heterocycles. The van der Waals surface area contributed by atoms with Gasteiger partial charge in [-0.05, 0) is 12.1 Å². The minimum Gasteiger partial charge on any atom is -0.376 e. The minimum absolute atomic E-state index is 0.111. The maximum absolute atomic E-state index is 11.8. The molecule has 21 heavy (non-hydrogen) atoms. The summed E-state index contributed by atoms with van der Waals surface area (Å²) in [5.74, 6) is 0.273. The molecular weight excluding hydrogens is 294 g/mol. The van der Waals surface area contributed by atoms with Gasteiger partial charge in [-0.3, -0.25) is 0 Å². The van der Waals surface area contributed by atoms with Crippen LogP contribution in [0.25, 0.3) is 11.0 Å². The van der Waals surface area contributed by atoms with Gasteiger partial charge in [0.25, 0.3) is 0 Å². The summed E-state index contributed by atoms with van der Waals surface area (Å²) in [6.07, 6.45) is 1.05. The van der Waals surface area contributed by atoms with Crippen molar-refractivity contribution < 1.29 is 17.9 Å². The molecule has 0 aliphatic carbocycles. The number of benzene rings is 1. The Kier molecular flexibility index (Phi) is 3.60. The first kappa shape index (κ1) is 14.3. The molecule has 0 saturated carbocycles. The van der Waals surface area contributed by atoms with Crippen LogP contribution in [0.1, 0.15) is 0 Å². The van der Waals surface area contributed by atoms with Gasteiger partial charge >= 0.3 is 0 Å². The van der Waals surface area contributed by atoms with Crippen LogP contribution in [0.15, 0.2) is 23.1 Å². The maximum atomic E-state index is 11.8. The zero-order valence-electron chi connectivity index (χ0n) is 11.7. The lowest BCUT2D eigenvalue weighted by Gasteiger charge is -2.23. The van der Waals surface area contributed by atoms with Crippen molar-refractivity contribution in [3.05, 3.63) is 18.2 Å². The number of imidazole rings is 1. The van der Waals surface area contributed by atoms with Crippen LogP contribution in [-0.2, 0) is 25.9 Å². The van der Waals surface area contributed by atoms with Crippen LogP contribution in [0, 0.1) is 0 Å². The zero-order chi connectivity index (χ0) is 15.0. The number of fused-ring (bicyclic) bond motifs is 1. The third-order valence-corrected chi connectivity index (χ3v) is 4.57. The lowest BCUT2D eigenvalue weighted by atomic mass is 10.3. The fourth-order valence-electron chi connectivity index (χ4n) is 2.48. The number of nitrogens with zero attached hydrogens (tertiary/aromatic N) is 2. The first-order valence-electron chi connectivity index (χ1n) is 6.61. The summed E-state index contributed by atoms with van der Waals surface area (Å²) < 4.78 is 36.4. The Balaban J connectivity index is 2.05. The second kappa shape index (κ2) is 5.28. The van der Waals surface area contributed by atoms with Crippen LogP contribution in [-0.4, -0.2) is 50.1 Å². The van der Waals surface area contributed by atoms with Crippen molar-refractivity contribution >= 4 is 26.8 Å². The Labute approximate surface area is 122 Å². The predicted molar refractivity (Wildman–Crippen MR) is 77.8 cm³/mol. The van der Waals surface area contributed by atoms with Crippen molar-refractivity contribution in [3.8, 4) is 0 Å². The van der Waals surface area contributed by atoms with E-state index in [4.69, 9.17) is 15.2 Å². The van der Waals surface area contributed by atoms with Crippen LogP contribution in [0.3, 0.4) is 0 Å². The SMILES string of the molecule is CS(=O)(=O)c1cccc2c1nc(N)n2CC1COCCO1. The Morgan fingerprint density at radius 2 is 2.24 bits per heavy atom. The van der Waals surface area contributed by atoms with Gasteiger partial charge in [0.2, 0.25) is 5.95 Å². The number of rotatable bonds is 3. The van der Waals surface area contributed by atoms with Crippen molar-refractivity contribution in [2.75, 3.05) is 31.8 Å². The van der Waals surface area contributed by atoms with Crippen molar-refractivity contribution in [1.29, 1.82) is 0 Å². The number of nitrogens with two attached hydrogens (primary N) is 1. The van der Waals surface area contributed by atoms with Crippen LogP contribution in [0.2, 0.25) is 0 Å². The summed E-state index contributed by atoms with van der Waals surface area (Å²) >= 11 is 0. The van der Waals surface area contributed by atoms with Gasteiger partial charge < -0.3 is 19.8 Å². The van der Waals surface area contributed by atoms with Crippen LogP contribution >= 0.6 is 0 Å². The fraction of sp³-hybridized carbons (Fsp3) is 0.462. The fourth-order valence-corrected chi connectivity index (χ4v) is 3.30.